The van der Waals surface area contributed by atoms with Crippen LogP contribution in [0, 0.1) is 5.82 Å². The van der Waals surface area contributed by atoms with Gasteiger partial charge in [0.1, 0.15) is 5.82 Å². The molecule has 0 atom stereocenters. The summed E-state index contributed by atoms with van der Waals surface area (Å²) in [6, 6.07) is 15.8. The van der Waals surface area contributed by atoms with E-state index in [4.69, 9.17) is 9.47 Å². The fourth-order valence-corrected chi connectivity index (χ4v) is 4.94. The predicted octanol–water partition coefficient (Wildman–Crippen LogP) is 5.02. The van der Waals surface area contributed by atoms with Crippen LogP contribution in [0.2, 0.25) is 0 Å². The Kier molecular flexibility index (Phi) is 6.99. The second-order valence-corrected chi connectivity index (χ2v) is 9.74. The van der Waals surface area contributed by atoms with Gasteiger partial charge in [-0.25, -0.2) is 17.8 Å². The van der Waals surface area contributed by atoms with Gasteiger partial charge in [0.2, 0.25) is 0 Å². The molecule has 0 saturated heterocycles. The van der Waals surface area contributed by atoms with E-state index in [1.807, 2.05) is 6.07 Å². The summed E-state index contributed by atoms with van der Waals surface area (Å²) >= 11 is 1.25. The molecule has 0 bridgehead atoms. The van der Waals surface area contributed by atoms with Gasteiger partial charge in [-0.15, -0.1) is 11.3 Å². The Morgan fingerprint density at radius 3 is 2.43 bits per heavy atom. The van der Waals surface area contributed by atoms with Gasteiger partial charge in [0.15, 0.2) is 16.6 Å². The molecule has 3 aromatic carbocycles. The lowest BCUT2D eigenvalue weighted by molar-refractivity contribution is 0.102. The minimum atomic E-state index is -3.95. The first-order valence-electron chi connectivity index (χ1n) is 10.2. The number of rotatable bonds is 8. The van der Waals surface area contributed by atoms with Crippen molar-refractivity contribution in [1.29, 1.82) is 0 Å². The molecule has 0 aliphatic heterocycles. The number of anilines is 2. The Bertz CT molecular complexity index is 1470. The van der Waals surface area contributed by atoms with Crippen LogP contribution in [0.5, 0.6) is 11.5 Å². The van der Waals surface area contributed by atoms with E-state index in [2.05, 4.69) is 15.0 Å². The van der Waals surface area contributed by atoms with Gasteiger partial charge >= 0.3 is 0 Å². The van der Waals surface area contributed by atoms with Crippen molar-refractivity contribution in [1.82, 2.24) is 4.98 Å². The Hall–Kier alpha value is -3.96. The van der Waals surface area contributed by atoms with Crippen LogP contribution in [-0.2, 0) is 10.0 Å². The lowest BCUT2D eigenvalue weighted by Crippen LogP contribution is -2.15. The number of thiazole rings is 1. The molecule has 1 aromatic heterocycles. The molecule has 1 heterocycles. The molecular formula is C24H20FN3O5S2. The van der Waals surface area contributed by atoms with Crippen molar-refractivity contribution in [3.63, 3.8) is 0 Å². The number of hydrogen-bond donors (Lipinski definition) is 2. The molecule has 0 aliphatic rings. The van der Waals surface area contributed by atoms with Crippen molar-refractivity contribution in [2.24, 2.45) is 0 Å². The second-order valence-electron chi connectivity index (χ2n) is 7.20. The molecule has 0 fully saturated rings. The number of ether oxygens (including phenoxy) is 2. The second kappa shape index (κ2) is 10.1. The van der Waals surface area contributed by atoms with Crippen LogP contribution in [0.3, 0.4) is 0 Å². The summed E-state index contributed by atoms with van der Waals surface area (Å²) in [5, 5.41) is 4.89. The van der Waals surface area contributed by atoms with E-state index >= 15 is 0 Å². The predicted molar refractivity (Wildman–Crippen MR) is 132 cm³/mol. The Morgan fingerprint density at radius 1 is 0.971 bits per heavy atom. The van der Waals surface area contributed by atoms with Gasteiger partial charge in [-0.2, -0.15) is 0 Å². The summed E-state index contributed by atoms with van der Waals surface area (Å²) in [4.78, 5) is 17.1. The highest BCUT2D eigenvalue weighted by Crippen LogP contribution is 2.33. The molecule has 2 N–H and O–H groups in total. The molecule has 0 saturated carbocycles. The van der Waals surface area contributed by atoms with E-state index < -0.39 is 21.7 Å². The average molecular weight is 514 g/mol. The van der Waals surface area contributed by atoms with Gasteiger partial charge in [0.25, 0.3) is 15.9 Å². The maximum Gasteiger partial charge on any atom is 0.261 e. The first-order chi connectivity index (χ1) is 16.8. The van der Waals surface area contributed by atoms with E-state index in [9.17, 15) is 17.6 Å². The van der Waals surface area contributed by atoms with Crippen LogP contribution in [0.15, 0.2) is 77.0 Å². The number of nitrogens with zero attached hydrogens (tertiary/aromatic N) is 1. The summed E-state index contributed by atoms with van der Waals surface area (Å²) < 4.78 is 51.2. The van der Waals surface area contributed by atoms with Crippen molar-refractivity contribution in [3.05, 3.63) is 83.5 Å². The molecule has 0 unspecified atom stereocenters. The van der Waals surface area contributed by atoms with Crippen LogP contribution >= 0.6 is 11.3 Å². The number of halogens is 1. The quantitative estimate of drug-likeness (QED) is 0.343. The molecule has 35 heavy (non-hydrogen) atoms. The summed E-state index contributed by atoms with van der Waals surface area (Å²) in [5.74, 6) is 0.151. The Labute approximate surface area is 205 Å². The Morgan fingerprint density at radius 2 is 1.71 bits per heavy atom. The number of carbonyl (C=O) groups is 1. The minimum absolute atomic E-state index is 0.0979. The standard InChI is InChI=1S/C24H20FN3O5S2/c1-32-21-11-6-15(13-22(21)33-2)20-14-34-24(26-20)27-23(29)16-4-3-5-18(12-16)28-35(30,31)19-9-7-17(25)8-10-19/h3-14,28H,1-2H3,(H,26,27,29). The van der Waals surface area contributed by atoms with Crippen molar-refractivity contribution < 1.29 is 27.1 Å². The maximum absolute atomic E-state index is 13.1. The summed E-state index contributed by atoms with van der Waals surface area (Å²) in [6.07, 6.45) is 0. The lowest BCUT2D eigenvalue weighted by Gasteiger charge is -2.09. The van der Waals surface area contributed by atoms with Crippen LogP contribution in [-0.4, -0.2) is 33.5 Å². The summed E-state index contributed by atoms with van der Waals surface area (Å²) in [6.45, 7) is 0. The molecule has 0 spiro atoms. The lowest BCUT2D eigenvalue weighted by atomic mass is 10.1. The number of aromatic nitrogens is 1. The average Bonchev–Trinajstić information content (AvgIpc) is 3.32. The third kappa shape index (κ3) is 5.58. The van der Waals surface area contributed by atoms with Gasteiger partial charge in [-0.1, -0.05) is 6.07 Å². The zero-order valence-electron chi connectivity index (χ0n) is 18.6. The molecule has 0 aliphatic carbocycles. The number of hydrogen-bond acceptors (Lipinski definition) is 7. The van der Waals surface area contributed by atoms with Crippen LogP contribution in [0.4, 0.5) is 15.2 Å². The first-order valence-corrected chi connectivity index (χ1v) is 12.5. The van der Waals surface area contributed by atoms with Gasteiger partial charge in [0, 0.05) is 22.2 Å². The SMILES string of the molecule is COc1ccc(-c2csc(NC(=O)c3cccc(NS(=O)(=O)c4ccc(F)cc4)c3)n2)cc1OC. The fourth-order valence-electron chi connectivity index (χ4n) is 3.18. The number of carbonyl (C=O) groups excluding carboxylic acids is 1. The third-order valence-corrected chi connectivity index (χ3v) is 7.06. The molecule has 4 aromatic rings. The van der Waals surface area contributed by atoms with Crippen molar-refractivity contribution in [2.45, 2.75) is 4.90 Å². The van der Waals surface area contributed by atoms with Crippen molar-refractivity contribution in [2.75, 3.05) is 24.3 Å². The van der Waals surface area contributed by atoms with E-state index in [1.54, 1.807) is 43.9 Å². The molecular weight excluding hydrogens is 493 g/mol. The van der Waals surface area contributed by atoms with Crippen molar-refractivity contribution in [3.8, 4) is 22.8 Å². The maximum atomic E-state index is 13.1. The molecule has 11 heteroatoms. The summed E-state index contributed by atoms with van der Waals surface area (Å²) in [5.41, 5.74) is 1.85. The van der Waals surface area contributed by atoms with E-state index in [-0.39, 0.29) is 16.1 Å². The molecule has 8 nitrogen and oxygen atoms in total. The van der Waals surface area contributed by atoms with Gasteiger partial charge < -0.3 is 9.47 Å². The zero-order chi connectivity index (χ0) is 25.0. The Balaban J connectivity index is 1.48. The number of amides is 1. The number of methoxy groups -OCH3 is 2. The monoisotopic (exact) mass is 513 g/mol. The van der Waals surface area contributed by atoms with Crippen LogP contribution in [0.25, 0.3) is 11.3 Å². The highest BCUT2D eigenvalue weighted by molar-refractivity contribution is 7.92. The highest BCUT2D eigenvalue weighted by atomic mass is 32.2. The number of nitrogens with one attached hydrogen (secondary N) is 2. The fraction of sp³-hybridized carbons (Fsp3) is 0.0833. The van der Waals surface area contributed by atoms with Crippen LogP contribution in [0.1, 0.15) is 10.4 Å². The van der Waals surface area contributed by atoms with E-state index in [0.29, 0.717) is 22.3 Å². The highest BCUT2D eigenvalue weighted by Gasteiger charge is 2.16. The van der Waals surface area contributed by atoms with Gasteiger partial charge in [-0.05, 0) is 60.7 Å². The molecule has 0 radical (unpaired) electrons. The van der Waals surface area contributed by atoms with Gasteiger partial charge in [0.05, 0.1) is 24.8 Å². The largest absolute Gasteiger partial charge is 0.493 e. The first kappa shape index (κ1) is 24.2. The van der Waals surface area contributed by atoms with Crippen LogP contribution < -0.4 is 19.5 Å². The van der Waals surface area contributed by atoms with Gasteiger partial charge in [-0.3, -0.25) is 14.8 Å². The third-order valence-electron chi connectivity index (χ3n) is 4.90. The minimum Gasteiger partial charge on any atom is -0.493 e. The van der Waals surface area contributed by atoms with E-state index in [0.717, 1.165) is 29.8 Å². The summed E-state index contributed by atoms with van der Waals surface area (Å²) in [7, 11) is -0.851. The molecule has 1 amide bonds. The zero-order valence-corrected chi connectivity index (χ0v) is 20.2. The van der Waals surface area contributed by atoms with E-state index in [1.165, 1.54) is 23.5 Å². The normalized spacial score (nSPS) is 11.1. The number of benzene rings is 3. The topological polar surface area (TPSA) is 107 Å². The van der Waals surface area contributed by atoms with Crippen molar-refractivity contribution >= 4 is 38.1 Å². The molecule has 4 rings (SSSR count). The molecule has 180 valence electrons. The smallest absolute Gasteiger partial charge is 0.261 e. The number of sulfonamides is 1.